The van der Waals surface area contributed by atoms with Gasteiger partial charge in [-0.3, -0.25) is 4.79 Å². The van der Waals surface area contributed by atoms with E-state index in [-0.39, 0.29) is 11.5 Å². The van der Waals surface area contributed by atoms with Gasteiger partial charge in [-0.2, -0.15) is 0 Å². The van der Waals surface area contributed by atoms with E-state index >= 15 is 0 Å². The molecule has 1 aliphatic rings. The molecule has 30 heavy (non-hydrogen) atoms. The van der Waals surface area contributed by atoms with Crippen LogP contribution >= 0.6 is 0 Å². The summed E-state index contributed by atoms with van der Waals surface area (Å²) in [5.74, 6) is 0.626. The highest BCUT2D eigenvalue weighted by Crippen LogP contribution is 2.33. The standard InChI is InChI=1S/C26H24N2O2/c1-17-12-22(18(2)27-21-10-4-3-5-11-21)26-23(13-17)24(29)14-25(30-26)28-15-19-8-6-7-9-20(19)16-28/h3-14,18,27H,15-16H2,1-2H3. The zero-order valence-corrected chi connectivity index (χ0v) is 17.2. The Bertz CT molecular complexity index is 1250. The molecule has 150 valence electrons. The number of nitrogens with one attached hydrogen (secondary N) is 1. The van der Waals surface area contributed by atoms with Crippen molar-refractivity contribution in [3.05, 3.63) is 105 Å². The average molecular weight is 396 g/mol. The Morgan fingerprint density at radius 3 is 2.30 bits per heavy atom. The normalized spacial score (nSPS) is 14.0. The molecule has 1 aromatic heterocycles. The molecular formula is C26H24N2O2. The third-order valence-corrected chi connectivity index (χ3v) is 5.76. The van der Waals surface area contributed by atoms with Gasteiger partial charge in [0.2, 0.25) is 5.88 Å². The zero-order chi connectivity index (χ0) is 20.7. The molecule has 1 atom stereocenters. The first-order valence-corrected chi connectivity index (χ1v) is 10.3. The van der Waals surface area contributed by atoms with Gasteiger partial charge in [0.25, 0.3) is 0 Å². The highest BCUT2D eigenvalue weighted by Gasteiger charge is 2.23. The topological polar surface area (TPSA) is 45.5 Å². The van der Waals surface area contributed by atoms with Crippen LogP contribution in [0.1, 0.15) is 35.2 Å². The molecule has 4 nitrogen and oxygen atoms in total. The lowest BCUT2D eigenvalue weighted by Gasteiger charge is -2.20. The Morgan fingerprint density at radius 2 is 1.60 bits per heavy atom. The second kappa shape index (κ2) is 7.38. The molecule has 0 saturated carbocycles. The Hall–Kier alpha value is -3.53. The lowest BCUT2D eigenvalue weighted by atomic mass is 10.0. The number of para-hydroxylation sites is 1. The van der Waals surface area contributed by atoms with Gasteiger partial charge in [0, 0.05) is 30.4 Å². The van der Waals surface area contributed by atoms with Crippen molar-refractivity contribution in [1.82, 2.24) is 0 Å². The molecule has 0 amide bonds. The van der Waals surface area contributed by atoms with E-state index in [1.54, 1.807) is 6.07 Å². The molecule has 4 heteroatoms. The average Bonchev–Trinajstić information content (AvgIpc) is 3.19. The van der Waals surface area contributed by atoms with Crippen LogP contribution in [0.25, 0.3) is 11.0 Å². The van der Waals surface area contributed by atoms with Gasteiger partial charge in [-0.25, -0.2) is 0 Å². The molecule has 4 aromatic rings. The van der Waals surface area contributed by atoms with Crippen LogP contribution < -0.4 is 15.6 Å². The number of aryl methyl sites for hydroxylation is 1. The fourth-order valence-electron chi connectivity index (χ4n) is 4.25. The first-order chi connectivity index (χ1) is 14.6. The quantitative estimate of drug-likeness (QED) is 0.474. The Kier molecular flexibility index (Phi) is 4.55. The Balaban J connectivity index is 1.57. The molecule has 0 saturated heterocycles. The number of hydrogen-bond acceptors (Lipinski definition) is 4. The minimum Gasteiger partial charge on any atom is -0.440 e. The van der Waals surface area contributed by atoms with Gasteiger partial charge in [0.05, 0.1) is 11.4 Å². The molecule has 2 heterocycles. The van der Waals surface area contributed by atoms with Crippen LogP contribution in [-0.4, -0.2) is 0 Å². The van der Waals surface area contributed by atoms with E-state index in [1.165, 1.54) is 11.1 Å². The number of anilines is 2. The van der Waals surface area contributed by atoms with Gasteiger partial charge < -0.3 is 14.6 Å². The summed E-state index contributed by atoms with van der Waals surface area (Å²) in [6.45, 7) is 5.62. The summed E-state index contributed by atoms with van der Waals surface area (Å²) in [5.41, 5.74) is 6.30. The molecule has 0 aliphatic carbocycles. The molecule has 1 unspecified atom stereocenters. The van der Waals surface area contributed by atoms with Crippen molar-refractivity contribution in [2.24, 2.45) is 0 Å². The first kappa shape index (κ1) is 18.5. The van der Waals surface area contributed by atoms with E-state index in [4.69, 9.17) is 4.42 Å². The second-order valence-corrected chi connectivity index (χ2v) is 8.04. The van der Waals surface area contributed by atoms with Gasteiger partial charge in [0.15, 0.2) is 5.43 Å². The monoisotopic (exact) mass is 396 g/mol. The number of hydrogen-bond donors (Lipinski definition) is 1. The second-order valence-electron chi connectivity index (χ2n) is 8.04. The lowest BCUT2D eigenvalue weighted by Crippen LogP contribution is -2.17. The van der Waals surface area contributed by atoms with E-state index in [1.807, 2.05) is 43.3 Å². The number of fused-ring (bicyclic) bond motifs is 2. The van der Waals surface area contributed by atoms with Crippen LogP contribution in [0.5, 0.6) is 0 Å². The predicted molar refractivity (Wildman–Crippen MR) is 122 cm³/mol. The SMILES string of the molecule is Cc1cc(C(C)Nc2ccccc2)c2oc(N3Cc4ccccc4C3)cc(=O)c2c1. The summed E-state index contributed by atoms with van der Waals surface area (Å²) in [7, 11) is 0. The highest BCUT2D eigenvalue weighted by molar-refractivity contribution is 5.82. The number of nitrogens with zero attached hydrogens (tertiary/aromatic N) is 1. The van der Waals surface area contributed by atoms with E-state index < -0.39 is 0 Å². The highest BCUT2D eigenvalue weighted by atomic mass is 16.4. The van der Waals surface area contributed by atoms with Gasteiger partial charge in [-0.05, 0) is 48.7 Å². The van der Waals surface area contributed by atoms with Gasteiger partial charge in [-0.15, -0.1) is 0 Å². The predicted octanol–water partition coefficient (Wildman–Crippen LogP) is 5.79. The van der Waals surface area contributed by atoms with E-state index in [0.29, 0.717) is 16.9 Å². The van der Waals surface area contributed by atoms with Crippen LogP contribution in [0.15, 0.2) is 82.0 Å². The molecule has 1 N–H and O–H groups in total. The zero-order valence-electron chi connectivity index (χ0n) is 17.2. The third kappa shape index (κ3) is 3.35. The summed E-state index contributed by atoms with van der Waals surface area (Å²) in [6, 6.07) is 24.1. The largest absolute Gasteiger partial charge is 0.440 e. The summed E-state index contributed by atoms with van der Waals surface area (Å²) in [4.78, 5) is 15.1. The number of rotatable bonds is 4. The molecule has 0 radical (unpaired) electrons. The molecule has 3 aromatic carbocycles. The summed E-state index contributed by atoms with van der Waals surface area (Å²) < 4.78 is 6.39. The van der Waals surface area contributed by atoms with Crippen molar-refractivity contribution < 1.29 is 4.42 Å². The Labute approximate surface area is 175 Å². The van der Waals surface area contributed by atoms with Crippen LogP contribution in [0.3, 0.4) is 0 Å². The minimum absolute atomic E-state index is 0.000864. The van der Waals surface area contributed by atoms with Crippen LogP contribution in [0.2, 0.25) is 0 Å². The van der Waals surface area contributed by atoms with Crippen molar-refractivity contribution in [1.29, 1.82) is 0 Å². The molecule has 0 bridgehead atoms. The van der Waals surface area contributed by atoms with Gasteiger partial charge in [0.1, 0.15) is 5.58 Å². The van der Waals surface area contributed by atoms with Crippen molar-refractivity contribution in [3.8, 4) is 0 Å². The van der Waals surface area contributed by atoms with E-state index in [9.17, 15) is 4.79 Å². The smallest absolute Gasteiger partial charge is 0.200 e. The maximum atomic E-state index is 13.0. The van der Waals surface area contributed by atoms with E-state index in [2.05, 4.69) is 47.5 Å². The molecule has 5 rings (SSSR count). The maximum Gasteiger partial charge on any atom is 0.200 e. The number of benzene rings is 3. The summed E-state index contributed by atoms with van der Waals surface area (Å²) >= 11 is 0. The third-order valence-electron chi connectivity index (χ3n) is 5.76. The molecule has 0 spiro atoms. The van der Waals surface area contributed by atoms with Crippen molar-refractivity contribution in [3.63, 3.8) is 0 Å². The van der Waals surface area contributed by atoms with Crippen LogP contribution in [-0.2, 0) is 13.1 Å². The van der Waals surface area contributed by atoms with Crippen molar-refractivity contribution in [2.45, 2.75) is 33.0 Å². The minimum atomic E-state index is -0.0102. The summed E-state index contributed by atoms with van der Waals surface area (Å²) in [5, 5.41) is 4.16. The van der Waals surface area contributed by atoms with Gasteiger partial charge >= 0.3 is 0 Å². The van der Waals surface area contributed by atoms with Gasteiger partial charge in [-0.1, -0.05) is 48.5 Å². The molecule has 1 aliphatic heterocycles. The maximum absolute atomic E-state index is 13.0. The fraction of sp³-hybridized carbons (Fsp3) is 0.192. The molecular weight excluding hydrogens is 372 g/mol. The first-order valence-electron chi connectivity index (χ1n) is 10.3. The van der Waals surface area contributed by atoms with Crippen molar-refractivity contribution in [2.75, 3.05) is 10.2 Å². The van der Waals surface area contributed by atoms with Crippen molar-refractivity contribution >= 4 is 22.5 Å². The van der Waals surface area contributed by atoms with Crippen LogP contribution in [0.4, 0.5) is 11.6 Å². The van der Waals surface area contributed by atoms with Crippen LogP contribution in [0, 0.1) is 6.92 Å². The Morgan fingerprint density at radius 1 is 0.933 bits per heavy atom. The van der Waals surface area contributed by atoms with E-state index in [0.717, 1.165) is 29.9 Å². The summed E-state index contributed by atoms with van der Waals surface area (Å²) in [6.07, 6.45) is 0. The lowest BCUT2D eigenvalue weighted by molar-refractivity contribution is 0.570. The molecule has 0 fully saturated rings. The fourth-order valence-corrected chi connectivity index (χ4v) is 4.25.